The van der Waals surface area contributed by atoms with Crippen molar-refractivity contribution in [1.82, 2.24) is 4.98 Å². The predicted octanol–water partition coefficient (Wildman–Crippen LogP) is 2.81. The zero-order valence-electron chi connectivity index (χ0n) is 8.12. The molecule has 4 heteroatoms. The fraction of sp³-hybridized carbons (Fsp3) is 0.667. The van der Waals surface area contributed by atoms with Crippen LogP contribution in [-0.4, -0.2) is 11.2 Å². The Kier molecular flexibility index (Phi) is 4.77. The third-order valence-electron chi connectivity index (χ3n) is 1.82. The van der Waals surface area contributed by atoms with Crippen molar-refractivity contribution in [2.24, 2.45) is 5.73 Å². The Balaban J connectivity index is 2.56. The summed E-state index contributed by atoms with van der Waals surface area (Å²) in [5.74, 6) is 1.00. The highest BCUT2D eigenvalue weighted by molar-refractivity contribution is 7.97. The molecule has 1 rings (SSSR count). The molecule has 0 aliphatic heterocycles. The van der Waals surface area contributed by atoms with Crippen LogP contribution in [0.5, 0.6) is 0 Å². The molecule has 1 aromatic heterocycles. The summed E-state index contributed by atoms with van der Waals surface area (Å²) in [4.78, 5) is 4.49. The SMILES string of the molecule is CCCC(N)c1csc(CSC)n1. The summed E-state index contributed by atoms with van der Waals surface area (Å²) in [7, 11) is 0. The molecule has 0 fully saturated rings. The summed E-state index contributed by atoms with van der Waals surface area (Å²) in [5.41, 5.74) is 7.02. The molecule has 0 amide bonds. The second-order valence-corrected chi connectivity index (χ2v) is 4.80. The first-order chi connectivity index (χ1) is 6.27. The van der Waals surface area contributed by atoms with Crippen molar-refractivity contribution in [3.8, 4) is 0 Å². The van der Waals surface area contributed by atoms with E-state index in [0.29, 0.717) is 0 Å². The number of nitrogens with two attached hydrogens (primary N) is 1. The number of thioether (sulfide) groups is 1. The Morgan fingerprint density at radius 2 is 2.46 bits per heavy atom. The molecule has 1 aromatic rings. The quantitative estimate of drug-likeness (QED) is 0.822. The molecule has 0 saturated heterocycles. The molecule has 1 unspecified atom stereocenters. The maximum Gasteiger partial charge on any atom is 0.103 e. The minimum Gasteiger partial charge on any atom is -0.323 e. The van der Waals surface area contributed by atoms with Gasteiger partial charge in [0.25, 0.3) is 0 Å². The maximum absolute atomic E-state index is 5.95. The topological polar surface area (TPSA) is 38.9 Å². The van der Waals surface area contributed by atoms with Crippen LogP contribution in [0, 0.1) is 0 Å². The van der Waals surface area contributed by atoms with Crippen molar-refractivity contribution in [1.29, 1.82) is 0 Å². The van der Waals surface area contributed by atoms with Gasteiger partial charge in [-0.3, -0.25) is 0 Å². The van der Waals surface area contributed by atoms with E-state index in [9.17, 15) is 0 Å². The van der Waals surface area contributed by atoms with Gasteiger partial charge in [0.15, 0.2) is 0 Å². The number of hydrogen-bond acceptors (Lipinski definition) is 4. The van der Waals surface area contributed by atoms with Crippen LogP contribution in [0.25, 0.3) is 0 Å². The summed E-state index contributed by atoms with van der Waals surface area (Å²) < 4.78 is 0. The molecule has 1 atom stereocenters. The minimum absolute atomic E-state index is 0.136. The van der Waals surface area contributed by atoms with Crippen LogP contribution < -0.4 is 5.73 Å². The summed E-state index contributed by atoms with van der Waals surface area (Å²) in [6.45, 7) is 2.15. The van der Waals surface area contributed by atoms with Gasteiger partial charge in [0.1, 0.15) is 5.01 Å². The lowest BCUT2D eigenvalue weighted by atomic mass is 10.1. The van der Waals surface area contributed by atoms with E-state index >= 15 is 0 Å². The summed E-state index contributed by atoms with van der Waals surface area (Å²) in [6, 6.07) is 0.136. The van der Waals surface area contributed by atoms with E-state index in [-0.39, 0.29) is 6.04 Å². The monoisotopic (exact) mass is 216 g/mol. The fourth-order valence-electron chi connectivity index (χ4n) is 1.14. The third kappa shape index (κ3) is 3.29. The van der Waals surface area contributed by atoms with Crippen molar-refractivity contribution in [3.63, 3.8) is 0 Å². The molecular weight excluding hydrogens is 200 g/mol. The van der Waals surface area contributed by atoms with E-state index < -0.39 is 0 Å². The number of aromatic nitrogens is 1. The third-order valence-corrected chi connectivity index (χ3v) is 3.43. The lowest BCUT2D eigenvalue weighted by Gasteiger charge is -2.05. The maximum atomic E-state index is 5.95. The van der Waals surface area contributed by atoms with E-state index in [2.05, 4.69) is 23.5 Å². The van der Waals surface area contributed by atoms with Crippen molar-refractivity contribution in [2.75, 3.05) is 6.26 Å². The normalized spacial score (nSPS) is 13.2. The Hall–Kier alpha value is -0.0600. The van der Waals surface area contributed by atoms with E-state index in [4.69, 9.17) is 5.73 Å². The van der Waals surface area contributed by atoms with E-state index in [1.807, 2.05) is 0 Å². The largest absolute Gasteiger partial charge is 0.323 e. The summed E-state index contributed by atoms with van der Waals surface area (Å²) in [5, 5.41) is 3.28. The van der Waals surface area contributed by atoms with Crippen LogP contribution in [0.15, 0.2) is 5.38 Å². The van der Waals surface area contributed by atoms with Crippen molar-refractivity contribution in [3.05, 3.63) is 16.1 Å². The molecule has 13 heavy (non-hydrogen) atoms. The first-order valence-corrected chi connectivity index (χ1v) is 6.74. The average molecular weight is 216 g/mol. The smallest absolute Gasteiger partial charge is 0.103 e. The predicted molar refractivity (Wildman–Crippen MR) is 61.2 cm³/mol. The van der Waals surface area contributed by atoms with Gasteiger partial charge in [0, 0.05) is 17.2 Å². The Bertz CT molecular complexity index is 248. The zero-order chi connectivity index (χ0) is 9.68. The Morgan fingerprint density at radius 1 is 1.69 bits per heavy atom. The molecule has 0 aliphatic rings. The van der Waals surface area contributed by atoms with Gasteiger partial charge in [-0.05, 0) is 12.7 Å². The zero-order valence-corrected chi connectivity index (χ0v) is 9.75. The molecule has 0 aliphatic carbocycles. The number of thiazole rings is 1. The van der Waals surface area contributed by atoms with E-state index in [1.165, 1.54) is 5.01 Å². The Labute approximate surface area is 87.9 Å². The molecule has 0 spiro atoms. The molecule has 0 aromatic carbocycles. The van der Waals surface area contributed by atoms with Gasteiger partial charge < -0.3 is 5.73 Å². The molecule has 0 bridgehead atoms. The van der Waals surface area contributed by atoms with Gasteiger partial charge in [0.05, 0.1) is 5.69 Å². The first kappa shape index (κ1) is 11.0. The lowest BCUT2D eigenvalue weighted by molar-refractivity contribution is 0.624. The van der Waals surface area contributed by atoms with Gasteiger partial charge in [-0.2, -0.15) is 11.8 Å². The second kappa shape index (κ2) is 5.62. The van der Waals surface area contributed by atoms with E-state index in [1.54, 1.807) is 23.1 Å². The number of rotatable bonds is 5. The van der Waals surface area contributed by atoms with Crippen molar-refractivity contribution in [2.45, 2.75) is 31.6 Å². The fourth-order valence-corrected chi connectivity index (χ4v) is 2.72. The molecule has 74 valence electrons. The standard InChI is InChI=1S/C9H16N2S2/c1-3-4-7(10)8-5-13-9(11-8)6-12-2/h5,7H,3-4,6,10H2,1-2H3. The van der Waals surface area contributed by atoms with Crippen LogP contribution in [0.4, 0.5) is 0 Å². The van der Waals surface area contributed by atoms with Crippen molar-refractivity contribution < 1.29 is 0 Å². The summed E-state index contributed by atoms with van der Waals surface area (Å²) >= 11 is 3.52. The minimum atomic E-state index is 0.136. The lowest BCUT2D eigenvalue weighted by Crippen LogP contribution is -2.10. The van der Waals surface area contributed by atoms with Gasteiger partial charge in [-0.25, -0.2) is 4.98 Å². The highest BCUT2D eigenvalue weighted by atomic mass is 32.2. The van der Waals surface area contributed by atoms with Gasteiger partial charge in [-0.1, -0.05) is 13.3 Å². The molecule has 0 radical (unpaired) electrons. The number of nitrogens with zero attached hydrogens (tertiary/aromatic N) is 1. The van der Waals surface area contributed by atoms with Gasteiger partial charge in [0.2, 0.25) is 0 Å². The molecule has 2 nitrogen and oxygen atoms in total. The highest BCUT2D eigenvalue weighted by Gasteiger charge is 2.08. The molecular formula is C9H16N2S2. The van der Waals surface area contributed by atoms with E-state index in [0.717, 1.165) is 24.3 Å². The average Bonchev–Trinajstić information content (AvgIpc) is 2.54. The van der Waals surface area contributed by atoms with Gasteiger partial charge >= 0.3 is 0 Å². The second-order valence-electron chi connectivity index (χ2n) is 2.99. The van der Waals surface area contributed by atoms with Crippen LogP contribution in [-0.2, 0) is 5.75 Å². The van der Waals surface area contributed by atoms with Crippen molar-refractivity contribution >= 4 is 23.1 Å². The van der Waals surface area contributed by atoms with Crippen LogP contribution in [0.1, 0.15) is 36.5 Å². The number of hydrogen-bond donors (Lipinski definition) is 1. The highest BCUT2D eigenvalue weighted by Crippen LogP contribution is 2.20. The Morgan fingerprint density at radius 3 is 3.08 bits per heavy atom. The molecule has 1 heterocycles. The van der Waals surface area contributed by atoms with Crippen LogP contribution >= 0.6 is 23.1 Å². The first-order valence-electron chi connectivity index (χ1n) is 4.46. The van der Waals surface area contributed by atoms with Crippen LogP contribution in [0.2, 0.25) is 0 Å². The van der Waals surface area contributed by atoms with Gasteiger partial charge in [-0.15, -0.1) is 11.3 Å². The molecule has 2 N–H and O–H groups in total. The van der Waals surface area contributed by atoms with Crippen LogP contribution in [0.3, 0.4) is 0 Å². The molecule has 0 saturated carbocycles. The summed E-state index contributed by atoms with van der Waals surface area (Å²) in [6.07, 6.45) is 4.24.